The lowest BCUT2D eigenvalue weighted by Gasteiger charge is -2.37. The van der Waals surface area contributed by atoms with Crippen LogP contribution in [0.4, 0.5) is 0 Å². The molecule has 0 bridgehead atoms. The Morgan fingerprint density at radius 2 is 1.75 bits per heavy atom. The molecule has 1 atom stereocenters. The molecule has 3 rings (SSSR count). The summed E-state index contributed by atoms with van der Waals surface area (Å²) in [6, 6.07) is 11.1. The molecule has 130 valence electrons. The average Bonchev–Trinajstić information content (AvgIpc) is 3.16. The Morgan fingerprint density at radius 1 is 1.08 bits per heavy atom. The number of hydrogen-bond donors (Lipinski definition) is 0. The average molecular weight is 367 g/mol. The van der Waals surface area contributed by atoms with Crippen LogP contribution in [0.5, 0.6) is 5.75 Å². The molecule has 24 heavy (non-hydrogen) atoms. The minimum Gasteiger partial charge on any atom is -0.497 e. The molecule has 1 fully saturated rings. The van der Waals surface area contributed by atoms with Crippen LogP contribution in [0.1, 0.15) is 17.8 Å². The quantitative estimate of drug-likeness (QED) is 0.816. The maximum atomic E-state index is 12.8. The Hall–Kier alpha value is -1.41. The molecule has 0 radical (unpaired) electrons. The van der Waals surface area contributed by atoms with Gasteiger partial charge < -0.3 is 4.74 Å². The monoisotopic (exact) mass is 366 g/mol. The van der Waals surface area contributed by atoms with Crippen LogP contribution in [0.2, 0.25) is 0 Å². The molecule has 0 spiro atoms. The predicted molar refractivity (Wildman–Crippen MR) is 96.1 cm³/mol. The zero-order valence-corrected chi connectivity index (χ0v) is 15.5. The van der Waals surface area contributed by atoms with E-state index in [4.69, 9.17) is 4.74 Å². The highest BCUT2D eigenvalue weighted by Crippen LogP contribution is 2.27. The summed E-state index contributed by atoms with van der Waals surface area (Å²) in [5, 5.41) is 2.08. The lowest BCUT2D eigenvalue weighted by atomic mass is 10.2. The number of sulfonamides is 1. The molecule has 5 nitrogen and oxygen atoms in total. The van der Waals surface area contributed by atoms with Gasteiger partial charge >= 0.3 is 0 Å². The maximum absolute atomic E-state index is 12.8. The van der Waals surface area contributed by atoms with Crippen LogP contribution in [0.3, 0.4) is 0 Å². The van der Waals surface area contributed by atoms with E-state index in [0.717, 1.165) is 13.1 Å². The molecule has 2 aromatic rings. The molecule has 0 saturated carbocycles. The van der Waals surface area contributed by atoms with Crippen LogP contribution < -0.4 is 4.74 Å². The van der Waals surface area contributed by atoms with Crippen molar-refractivity contribution < 1.29 is 13.2 Å². The minimum absolute atomic E-state index is 0.322. The molecule has 1 aromatic carbocycles. The van der Waals surface area contributed by atoms with Gasteiger partial charge in [-0.15, -0.1) is 11.3 Å². The zero-order chi connectivity index (χ0) is 17.2. The van der Waals surface area contributed by atoms with Gasteiger partial charge in [-0.1, -0.05) is 6.07 Å². The molecule has 1 aliphatic rings. The summed E-state index contributed by atoms with van der Waals surface area (Å²) in [6.45, 7) is 4.70. The number of piperazine rings is 1. The van der Waals surface area contributed by atoms with Crippen LogP contribution in [-0.4, -0.2) is 50.9 Å². The van der Waals surface area contributed by atoms with Gasteiger partial charge in [0.1, 0.15) is 5.75 Å². The van der Waals surface area contributed by atoms with Gasteiger partial charge in [-0.2, -0.15) is 4.31 Å². The van der Waals surface area contributed by atoms with Crippen molar-refractivity contribution in [3.63, 3.8) is 0 Å². The molecular formula is C17H22N2O3S2. The first kappa shape index (κ1) is 17.4. The summed E-state index contributed by atoms with van der Waals surface area (Å²) in [7, 11) is -1.87. The normalized spacial score (nSPS) is 18.4. The Morgan fingerprint density at radius 3 is 2.29 bits per heavy atom. The first-order valence-corrected chi connectivity index (χ1v) is 10.3. The van der Waals surface area contributed by atoms with E-state index in [1.807, 2.05) is 0 Å². The number of nitrogens with zero attached hydrogens (tertiary/aromatic N) is 2. The summed E-state index contributed by atoms with van der Waals surface area (Å²) in [5.41, 5.74) is 0. The lowest BCUT2D eigenvalue weighted by molar-refractivity contribution is 0.147. The van der Waals surface area contributed by atoms with Crippen molar-refractivity contribution in [3.8, 4) is 5.75 Å². The third kappa shape index (κ3) is 3.49. The van der Waals surface area contributed by atoms with Gasteiger partial charge in [-0.3, -0.25) is 4.90 Å². The largest absolute Gasteiger partial charge is 0.497 e. The fourth-order valence-electron chi connectivity index (χ4n) is 2.94. The molecule has 0 aliphatic carbocycles. The Bertz CT molecular complexity index is 750. The highest BCUT2D eigenvalue weighted by molar-refractivity contribution is 7.89. The van der Waals surface area contributed by atoms with E-state index in [1.165, 1.54) is 4.88 Å². The van der Waals surface area contributed by atoms with Gasteiger partial charge in [-0.05, 0) is 42.6 Å². The van der Waals surface area contributed by atoms with Gasteiger partial charge in [0.2, 0.25) is 10.0 Å². The first-order chi connectivity index (χ1) is 11.5. The number of benzene rings is 1. The van der Waals surface area contributed by atoms with Crippen molar-refractivity contribution in [2.45, 2.75) is 17.9 Å². The lowest BCUT2D eigenvalue weighted by Crippen LogP contribution is -2.49. The third-order valence-electron chi connectivity index (χ3n) is 4.47. The number of ether oxygens (including phenoxy) is 1. The second kappa shape index (κ2) is 7.23. The first-order valence-electron chi connectivity index (χ1n) is 7.94. The number of hydrogen-bond acceptors (Lipinski definition) is 5. The van der Waals surface area contributed by atoms with Gasteiger partial charge in [-0.25, -0.2) is 8.42 Å². The summed E-state index contributed by atoms with van der Waals surface area (Å²) in [4.78, 5) is 3.98. The van der Waals surface area contributed by atoms with Crippen molar-refractivity contribution in [3.05, 3.63) is 46.7 Å². The molecule has 2 heterocycles. The maximum Gasteiger partial charge on any atom is 0.243 e. The van der Waals surface area contributed by atoms with Crippen LogP contribution in [0, 0.1) is 0 Å². The van der Waals surface area contributed by atoms with Crippen LogP contribution in [-0.2, 0) is 10.0 Å². The topological polar surface area (TPSA) is 49.9 Å². The van der Waals surface area contributed by atoms with Crippen molar-refractivity contribution in [1.82, 2.24) is 9.21 Å². The van der Waals surface area contributed by atoms with Crippen LogP contribution in [0.25, 0.3) is 0 Å². The molecule has 7 heteroatoms. The highest BCUT2D eigenvalue weighted by atomic mass is 32.2. The van der Waals surface area contributed by atoms with E-state index in [9.17, 15) is 8.42 Å². The Labute approximate surface area is 147 Å². The van der Waals surface area contributed by atoms with Crippen LogP contribution >= 0.6 is 11.3 Å². The van der Waals surface area contributed by atoms with E-state index < -0.39 is 10.0 Å². The van der Waals surface area contributed by atoms with E-state index >= 15 is 0 Å². The fourth-order valence-corrected chi connectivity index (χ4v) is 5.18. The van der Waals surface area contributed by atoms with Gasteiger partial charge in [0, 0.05) is 37.1 Å². The standard InChI is InChI=1S/C17H22N2O3S2/c1-14(17-4-3-13-23-17)18-9-11-19(12-10-18)24(20,21)16-7-5-15(22-2)6-8-16/h3-8,13-14H,9-12H2,1-2H3. The fraction of sp³-hybridized carbons (Fsp3) is 0.412. The van der Waals surface area contributed by atoms with E-state index in [-0.39, 0.29) is 0 Å². The minimum atomic E-state index is -3.44. The molecular weight excluding hydrogens is 344 g/mol. The Kier molecular flexibility index (Phi) is 5.24. The second-order valence-electron chi connectivity index (χ2n) is 5.81. The van der Waals surface area contributed by atoms with Crippen molar-refractivity contribution in [2.75, 3.05) is 33.3 Å². The molecule has 1 unspecified atom stereocenters. The van der Waals surface area contributed by atoms with Gasteiger partial charge in [0.05, 0.1) is 12.0 Å². The molecule has 1 saturated heterocycles. The molecule has 0 amide bonds. The van der Waals surface area contributed by atoms with Crippen molar-refractivity contribution in [1.29, 1.82) is 0 Å². The van der Waals surface area contributed by atoms with E-state index in [0.29, 0.717) is 29.8 Å². The van der Waals surface area contributed by atoms with Gasteiger partial charge in [0.15, 0.2) is 0 Å². The second-order valence-corrected chi connectivity index (χ2v) is 8.72. The van der Waals surface area contributed by atoms with E-state index in [2.05, 4.69) is 29.3 Å². The molecule has 1 aromatic heterocycles. The highest BCUT2D eigenvalue weighted by Gasteiger charge is 2.30. The Balaban J connectivity index is 1.66. The zero-order valence-electron chi connectivity index (χ0n) is 13.9. The number of methoxy groups -OCH3 is 1. The summed E-state index contributed by atoms with van der Waals surface area (Å²) in [6.07, 6.45) is 0. The number of rotatable bonds is 5. The van der Waals surface area contributed by atoms with Crippen molar-refractivity contribution >= 4 is 21.4 Å². The molecule has 1 aliphatic heterocycles. The predicted octanol–water partition coefficient (Wildman–Crippen LogP) is 2.82. The summed E-state index contributed by atoms with van der Waals surface area (Å²) >= 11 is 1.75. The smallest absolute Gasteiger partial charge is 0.243 e. The third-order valence-corrected chi connectivity index (χ3v) is 7.43. The summed E-state index contributed by atoms with van der Waals surface area (Å²) < 4.78 is 32.2. The van der Waals surface area contributed by atoms with E-state index in [1.54, 1.807) is 47.0 Å². The van der Waals surface area contributed by atoms with Gasteiger partial charge in [0.25, 0.3) is 0 Å². The SMILES string of the molecule is COc1ccc(S(=O)(=O)N2CCN(C(C)c3cccs3)CC2)cc1. The summed E-state index contributed by atoms with van der Waals surface area (Å²) in [5.74, 6) is 0.656. The van der Waals surface area contributed by atoms with Crippen molar-refractivity contribution in [2.24, 2.45) is 0 Å². The molecule has 0 N–H and O–H groups in total. The number of thiophene rings is 1. The van der Waals surface area contributed by atoms with Crippen LogP contribution in [0.15, 0.2) is 46.7 Å².